The number of benzene rings is 2. The summed E-state index contributed by atoms with van der Waals surface area (Å²) >= 11 is 18.0. The lowest BCUT2D eigenvalue weighted by Gasteiger charge is -2.11. The van der Waals surface area contributed by atoms with E-state index in [1.807, 2.05) is 30.3 Å². The first-order chi connectivity index (χ1) is 10.1. The Hall–Kier alpha value is -1.61. The number of carbonyl (C=O) groups is 1. The summed E-state index contributed by atoms with van der Waals surface area (Å²) in [7, 11) is 0. The van der Waals surface area contributed by atoms with Crippen LogP contribution in [-0.4, -0.2) is 10.2 Å². The molecular weight excluding hydrogens is 329 g/mol. The first kappa shape index (κ1) is 14.3. The normalized spacial score (nSPS) is 10.8. The highest BCUT2D eigenvalue weighted by Gasteiger charge is 2.20. The van der Waals surface area contributed by atoms with E-state index in [0.717, 1.165) is 5.56 Å². The quantitative estimate of drug-likeness (QED) is 0.571. The van der Waals surface area contributed by atoms with Crippen molar-refractivity contribution >= 4 is 50.9 Å². The highest BCUT2D eigenvalue weighted by molar-refractivity contribution is 6.69. The Morgan fingerprint density at radius 1 is 1.00 bits per heavy atom. The molecule has 3 rings (SSSR count). The fourth-order valence-electron chi connectivity index (χ4n) is 2.18. The SMILES string of the molecule is O=C(Cl)c1c(-c2ccccc2)nc2ccc(Cl)cc2c1Cl. The van der Waals surface area contributed by atoms with Crippen molar-refractivity contribution in [3.63, 3.8) is 0 Å². The first-order valence-electron chi connectivity index (χ1n) is 6.12. The average molecular weight is 337 g/mol. The zero-order valence-corrected chi connectivity index (χ0v) is 12.9. The molecule has 2 nitrogen and oxygen atoms in total. The van der Waals surface area contributed by atoms with Crippen LogP contribution in [0.25, 0.3) is 22.2 Å². The van der Waals surface area contributed by atoms with Crippen molar-refractivity contribution in [2.45, 2.75) is 0 Å². The molecule has 0 unspecified atom stereocenters. The highest BCUT2D eigenvalue weighted by Crippen LogP contribution is 2.35. The summed E-state index contributed by atoms with van der Waals surface area (Å²) in [6, 6.07) is 14.5. The Labute approximate surface area is 136 Å². The van der Waals surface area contributed by atoms with E-state index in [4.69, 9.17) is 34.8 Å². The molecule has 0 radical (unpaired) electrons. The third-order valence-electron chi connectivity index (χ3n) is 3.13. The standard InChI is InChI=1S/C16H8Cl3NO/c17-10-6-7-12-11(8-10)14(18)13(16(19)21)15(20-12)9-4-2-1-3-5-9/h1-8H. The minimum absolute atomic E-state index is 0.194. The van der Waals surface area contributed by atoms with E-state index in [2.05, 4.69) is 4.98 Å². The summed E-state index contributed by atoms with van der Waals surface area (Å²) in [6.07, 6.45) is 0. The van der Waals surface area contributed by atoms with Crippen molar-refractivity contribution in [1.82, 2.24) is 4.98 Å². The largest absolute Gasteiger partial charge is 0.275 e. The van der Waals surface area contributed by atoms with Crippen molar-refractivity contribution < 1.29 is 4.79 Å². The molecule has 0 aliphatic rings. The van der Waals surface area contributed by atoms with Crippen molar-refractivity contribution in [1.29, 1.82) is 0 Å². The van der Waals surface area contributed by atoms with E-state index in [1.165, 1.54) is 0 Å². The molecule has 1 aromatic heterocycles. The minimum atomic E-state index is -0.645. The van der Waals surface area contributed by atoms with Crippen LogP contribution in [0.1, 0.15) is 10.4 Å². The van der Waals surface area contributed by atoms with Gasteiger partial charge >= 0.3 is 0 Å². The van der Waals surface area contributed by atoms with Crippen LogP contribution in [0.4, 0.5) is 0 Å². The number of halogens is 3. The zero-order valence-electron chi connectivity index (χ0n) is 10.6. The van der Waals surface area contributed by atoms with Crippen LogP contribution < -0.4 is 0 Å². The van der Waals surface area contributed by atoms with Crippen LogP contribution in [0.15, 0.2) is 48.5 Å². The molecule has 0 bridgehead atoms. The molecule has 1 heterocycles. The van der Waals surface area contributed by atoms with Gasteiger partial charge in [-0.1, -0.05) is 53.5 Å². The van der Waals surface area contributed by atoms with Gasteiger partial charge in [-0.2, -0.15) is 0 Å². The molecule has 5 heteroatoms. The second kappa shape index (κ2) is 5.64. The second-order valence-corrected chi connectivity index (χ2v) is 5.61. The lowest BCUT2D eigenvalue weighted by molar-refractivity contribution is 0.108. The number of hydrogen-bond donors (Lipinski definition) is 0. The smallest absolute Gasteiger partial charge is 0.256 e. The number of hydrogen-bond acceptors (Lipinski definition) is 2. The summed E-state index contributed by atoms with van der Waals surface area (Å²) in [5, 5.41) is 0.745. The fraction of sp³-hybridized carbons (Fsp3) is 0. The molecule has 0 amide bonds. The van der Waals surface area contributed by atoms with Crippen molar-refractivity contribution in [3.05, 3.63) is 64.1 Å². The van der Waals surface area contributed by atoms with Crippen LogP contribution in [0.5, 0.6) is 0 Å². The van der Waals surface area contributed by atoms with E-state index >= 15 is 0 Å². The lowest BCUT2D eigenvalue weighted by Crippen LogP contribution is -2.00. The van der Waals surface area contributed by atoms with Gasteiger partial charge in [-0.05, 0) is 29.8 Å². The number of fused-ring (bicyclic) bond motifs is 1. The zero-order chi connectivity index (χ0) is 15.0. The summed E-state index contributed by atoms with van der Waals surface area (Å²) in [5.41, 5.74) is 2.10. The van der Waals surface area contributed by atoms with Crippen LogP contribution in [0.2, 0.25) is 10.0 Å². The van der Waals surface area contributed by atoms with E-state index in [1.54, 1.807) is 18.2 Å². The molecular formula is C16H8Cl3NO. The number of rotatable bonds is 2. The van der Waals surface area contributed by atoms with Crippen LogP contribution in [-0.2, 0) is 0 Å². The molecule has 0 atom stereocenters. The molecule has 3 aromatic rings. The topological polar surface area (TPSA) is 30.0 Å². The van der Waals surface area contributed by atoms with Gasteiger partial charge in [-0.15, -0.1) is 0 Å². The maximum absolute atomic E-state index is 11.8. The van der Waals surface area contributed by atoms with Crippen LogP contribution in [0, 0.1) is 0 Å². The molecule has 0 saturated carbocycles. The molecule has 0 aliphatic heterocycles. The summed E-state index contributed by atoms with van der Waals surface area (Å²) in [4.78, 5) is 16.3. The van der Waals surface area contributed by atoms with Gasteiger partial charge in [0.1, 0.15) is 0 Å². The van der Waals surface area contributed by atoms with Gasteiger partial charge in [0.15, 0.2) is 0 Å². The van der Waals surface area contributed by atoms with Crippen LogP contribution >= 0.6 is 34.8 Å². The van der Waals surface area contributed by atoms with Crippen molar-refractivity contribution in [2.75, 3.05) is 0 Å². The van der Waals surface area contributed by atoms with E-state index in [9.17, 15) is 4.79 Å². The number of aromatic nitrogens is 1. The van der Waals surface area contributed by atoms with E-state index in [0.29, 0.717) is 21.6 Å². The third-order valence-corrected chi connectivity index (χ3v) is 3.94. The monoisotopic (exact) mass is 335 g/mol. The van der Waals surface area contributed by atoms with Gasteiger partial charge in [-0.3, -0.25) is 4.79 Å². The van der Waals surface area contributed by atoms with E-state index in [-0.39, 0.29) is 10.6 Å². The van der Waals surface area contributed by atoms with Gasteiger partial charge in [0.25, 0.3) is 5.24 Å². The molecule has 0 N–H and O–H groups in total. The molecule has 0 aliphatic carbocycles. The van der Waals surface area contributed by atoms with Gasteiger partial charge in [0.2, 0.25) is 0 Å². The Balaban J connectivity index is 2.41. The Bertz CT molecular complexity index is 847. The predicted molar refractivity (Wildman–Crippen MR) is 87.4 cm³/mol. The number of nitrogens with zero attached hydrogens (tertiary/aromatic N) is 1. The predicted octanol–water partition coefficient (Wildman–Crippen LogP) is 5.59. The summed E-state index contributed by atoms with van der Waals surface area (Å²) < 4.78 is 0. The van der Waals surface area contributed by atoms with E-state index < -0.39 is 5.24 Å². The minimum Gasteiger partial charge on any atom is -0.275 e. The average Bonchev–Trinajstić information content (AvgIpc) is 2.48. The van der Waals surface area contributed by atoms with Gasteiger partial charge in [0, 0.05) is 16.0 Å². The fourth-order valence-corrected chi connectivity index (χ4v) is 2.91. The molecule has 0 spiro atoms. The molecule has 0 saturated heterocycles. The molecule has 21 heavy (non-hydrogen) atoms. The Kier molecular flexibility index (Phi) is 3.85. The maximum Gasteiger partial charge on any atom is 0.256 e. The molecule has 2 aromatic carbocycles. The Morgan fingerprint density at radius 2 is 1.71 bits per heavy atom. The molecule has 104 valence electrons. The summed E-state index contributed by atoms with van der Waals surface area (Å²) in [5.74, 6) is 0. The van der Waals surface area contributed by atoms with Gasteiger partial charge in [0.05, 0.1) is 21.8 Å². The Morgan fingerprint density at radius 3 is 2.38 bits per heavy atom. The van der Waals surface area contributed by atoms with Crippen LogP contribution in [0.3, 0.4) is 0 Å². The molecule has 0 fully saturated rings. The lowest BCUT2D eigenvalue weighted by atomic mass is 10.0. The number of carbonyl (C=O) groups excluding carboxylic acids is 1. The van der Waals surface area contributed by atoms with Gasteiger partial charge in [-0.25, -0.2) is 4.98 Å². The second-order valence-electron chi connectivity index (χ2n) is 4.45. The van der Waals surface area contributed by atoms with Crippen molar-refractivity contribution in [3.8, 4) is 11.3 Å². The van der Waals surface area contributed by atoms with Gasteiger partial charge < -0.3 is 0 Å². The first-order valence-corrected chi connectivity index (χ1v) is 7.25. The number of pyridine rings is 1. The third kappa shape index (κ3) is 2.62. The maximum atomic E-state index is 11.8. The summed E-state index contributed by atoms with van der Waals surface area (Å²) in [6.45, 7) is 0. The highest BCUT2D eigenvalue weighted by atomic mass is 35.5. The van der Waals surface area contributed by atoms with Crippen molar-refractivity contribution in [2.24, 2.45) is 0 Å².